The molecule has 0 spiro atoms. The number of rotatable bonds is 2. The predicted octanol–water partition coefficient (Wildman–Crippen LogP) is 5.94. The van der Waals surface area contributed by atoms with Crippen molar-refractivity contribution in [1.29, 1.82) is 0 Å². The van der Waals surface area contributed by atoms with Gasteiger partial charge in [0.15, 0.2) is 11.2 Å². The lowest BCUT2D eigenvalue weighted by Gasteiger charge is -2.03. The van der Waals surface area contributed by atoms with Gasteiger partial charge in [-0.15, -0.1) is 0 Å². The van der Waals surface area contributed by atoms with Crippen LogP contribution < -0.4 is 21.0 Å². The molecule has 194 valence electrons. The summed E-state index contributed by atoms with van der Waals surface area (Å²) >= 11 is 5.86. The highest BCUT2D eigenvalue weighted by Gasteiger charge is 2.19. The monoisotopic (exact) mass is 544 g/mol. The van der Waals surface area contributed by atoms with E-state index in [1.165, 1.54) is 12.1 Å². The maximum absolute atomic E-state index is 12.1. The number of nitrogens with zero attached hydrogens (tertiary/aromatic N) is 2. The zero-order chi connectivity index (χ0) is 27.4. The Bertz CT molecular complexity index is 1900. The molecule has 2 aromatic heterocycles. The van der Waals surface area contributed by atoms with Gasteiger partial charge < -0.3 is 18.3 Å². The molecule has 0 saturated heterocycles. The first-order chi connectivity index (χ1) is 18.9. The summed E-state index contributed by atoms with van der Waals surface area (Å²) in [6.07, 6.45) is -1.64. The number of ether oxygens (including phenoxy) is 2. The van der Waals surface area contributed by atoms with Gasteiger partial charge in [-0.05, 0) is 54.6 Å². The van der Waals surface area contributed by atoms with Crippen LogP contribution in [-0.2, 0) is 0 Å². The van der Waals surface area contributed by atoms with Gasteiger partial charge in [0, 0.05) is 5.02 Å². The number of hydrogen-bond donors (Lipinski definition) is 0. The van der Waals surface area contributed by atoms with Gasteiger partial charge in [-0.2, -0.15) is 9.13 Å². The average molecular weight is 545 g/mol. The van der Waals surface area contributed by atoms with Crippen LogP contribution >= 0.6 is 11.6 Å². The quantitative estimate of drug-likeness (QED) is 0.262. The lowest BCUT2D eigenvalue weighted by atomic mass is 10.3. The number of carbonyl (C=O) groups is 2. The standard InChI is InChI=1S/C14H8ClNO4.C14H9NO4/c15-9-6-7-12-11(8-9)16(14(18)20-12)13(17)19-10-4-2-1-3-5-10;16-13(18-10-6-2-1-3-7-10)15-11-8-4-5-9-12(11)19-14(15)17/h1-8H;1-9H. The molecule has 2 heterocycles. The van der Waals surface area contributed by atoms with Crippen molar-refractivity contribution in [2.75, 3.05) is 0 Å². The van der Waals surface area contributed by atoms with Crippen LogP contribution in [0.5, 0.6) is 11.5 Å². The van der Waals surface area contributed by atoms with E-state index >= 15 is 0 Å². The molecule has 0 radical (unpaired) electrons. The van der Waals surface area contributed by atoms with Crippen molar-refractivity contribution >= 4 is 46.0 Å². The van der Waals surface area contributed by atoms with E-state index in [0.717, 1.165) is 9.13 Å². The van der Waals surface area contributed by atoms with E-state index in [1.54, 1.807) is 91.0 Å². The molecule has 0 fully saturated rings. The molecular weight excluding hydrogens is 528 g/mol. The summed E-state index contributed by atoms with van der Waals surface area (Å²) in [7, 11) is 0. The van der Waals surface area contributed by atoms with E-state index in [9.17, 15) is 19.2 Å². The van der Waals surface area contributed by atoms with Crippen LogP contribution in [-0.4, -0.2) is 21.3 Å². The fourth-order valence-corrected chi connectivity index (χ4v) is 3.74. The fourth-order valence-electron chi connectivity index (χ4n) is 3.57. The summed E-state index contributed by atoms with van der Waals surface area (Å²) in [4.78, 5) is 47.4. The Kier molecular flexibility index (Phi) is 7.11. The highest BCUT2D eigenvalue weighted by atomic mass is 35.5. The van der Waals surface area contributed by atoms with Crippen LogP contribution in [0.4, 0.5) is 9.59 Å². The van der Waals surface area contributed by atoms with Crippen molar-refractivity contribution < 1.29 is 27.9 Å². The maximum Gasteiger partial charge on any atom is 0.429 e. The van der Waals surface area contributed by atoms with Gasteiger partial charge in [-0.3, -0.25) is 0 Å². The lowest BCUT2D eigenvalue weighted by molar-refractivity contribution is 0.200. The molecule has 0 saturated carbocycles. The van der Waals surface area contributed by atoms with E-state index in [-0.39, 0.29) is 11.1 Å². The van der Waals surface area contributed by atoms with Gasteiger partial charge in [0.25, 0.3) is 0 Å². The topological polar surface area (TPSA) is 123 Å². The van der Waals surface area contributed by atoms with Crippen LogP contribution in [0.25, 0.3) is 22.2 Å². The molecule has 0 atom stereocenters. The summed E-state index contributed by atoms with van der Waals surface area (Å²) in [6, 6.07) is 28.2. The van der Waals surface area contributed by atoms with Crippen molar-refractivity contribution in [2.24, 2.45) is 0 Å². The average Bonchev–Trinajstić information content (AvgIpc) is 3.44. The van der Waals surface area contributed by atoms with E-state index < -0.39 is 23.7 Å². The third kappa shape index (κ3) is 5.50. The van der Waals surface area contributed by atoms with E-state index in [4.69, 9.17) is 29.9 Å². The number of oxazole rings is 2. The third-order valence-electron chi connectivity index (χ3n) is 5.29. The van der Waals surface area contributed by atoms with Crippen LogP contribution in [0, 0.1) is 0 Å². The van der Waals surface area contributed by atoms with E-state index in [0.29, 0.717) is 27.6 Å². The largest absolute Gasteiger partial charge is 0.429 e. The Labute approximate surface area is 223 Å². The van der Waals surface area contributed by atoms with Crippen molar-refractivity contribution in [3.63, 3.8) is 0 Å². The molecule has 0 aliphatic heterocycles. The number of para-hydroxylation sites is 4. The molecule has 6 aromatic rings. The van der Waals surface area contributed by atoms with Crippen LogP contribution in [0.2, 0.25) is 5.02 Å². The van der Waals surface area contributed by atoms with Gasteiger partial charge >= 0.3 is 23.7 Å². The molecule has 0 N–H and O–H groups in total. The Morgan fingerprint density at radius 2 is 1.05 bits per heavy atom. The van der Waals surface area contributed by atoms with Crippen LogP contribution in [0.15, 0.2) is 122 Å². The molecule has 0 unspecified atom stereocenters. The molecule has 0 amide bonds. The summed E-state index contributed by atoms with van der Waals surface area (Å²) in [5.74, 6) is -0.879. The highest BCUT2D eigenvalue weighted by Crippen LogP contribution is 2.19. The zero-order valence-electron chi connectivity index (χ0n) is 19.9. The fraction of sp³-hybridized carbons (Fsp3) is 0. The molecule has 0 aliphatic carbocycles. The molecule has 0 aliphatic rings. The summed E-state index contributed by atoms with van der Waals surface area (Å²) in [5.41, 5.74) is 1.26. The minimum atomic E-state index is -0.845. The minimum absolute atomic E-state index is 0.267. The number of fused-ring (bicyclic) bond motifs is 2. The lowest BCUT2D eigenvalue weighted by Crippen LogP contribution is -2.26. The summed E-state index contributed by atoms with van der Waals surface area (Å²) < 4.78 is 21.8. The Hall–Kier alpha value is -5.35. The van der Waals surface area contributed by atoms with Gasteiger partial charge in [-0.25, -0.2) is 19.2 Å². The molecule has 6 rings (SSSR count). The maximum atomic E-state index is 12.1. The highest BCUT2D eigenvalue weighted by molar-refractivity contribution is 6.31. The van der Waals surface area contributed by atoms with E-state index in [2.05, 4.69) is 0 Å². The number of carbonyl (C=O) groups excluding carboxylic acids is 2. The number of hydrogen-bond acceptors (Lipinski definition) is 8. The third-order valence-corrected chi connectivity index (χ3v) is 5.52. The number of aromatic nitrogens is 2. The van der Waals surface area contributed by atoms with Crippen LogP contribution in [0.1, 0.15) is 0 Å². The second-order valence-electron chi connectivity index (χ2n) is 7.85. The molecule has 4 aromatic carbocycles. The number of benzene rings is 4. The minimum Gasteiger partial charge on any atom is -0.410 e. The summed E-state index contributed by atoms with van der Waals surface area (Å²) in [5, 5.41) is 0.388. The SMILES string of the molecule is O=C(Oc1ccccc1)n1c(=O)oc2ccc(Cl)cc21.O=C(Oc1ccccc1)n1c(=O)oc2ccccc21. The van der Waals surface area contributed by atoms with Crippen molar-refractivity contribution in [3.05, 3.63) is 129 Å². The van der Waals surface area contributed by atoms with Crippen molar-refractivity contribution in [3.8, 4) is 11.5 Å². The van der Waals surface area contributed by atoms with Gasteiger partial charge in [0.05, 0.1) is 0 Å². The Morgan fingerprint density at radius 1 is 0.590 bits per heavy atom. The van der Waals surface area contributed by atoms with Crippen molar-refractivity contribution in [2.45, 2.75) is 0 Å². The molecular formula is C28H17ClN2O8. The smallest absolute Gasteiger partial charge is 0.410 e. The second kappa shape index (κ2) is 11.0. The summed E-state index contributed by atoms with van der Waals surface area (Å²) in [6.45, 7) is 0. The van der Waals surface area contributed by atoms with Crippen LogP contribution in [0.3, 0.4) is 0 Å². The molecule has 11 heteroatoms. The number of halogens is 1. The Morgan fingerprint density at radius 3 is 1.62 bits per heavy atom. The van der Waals surface area contributed by atoms with Gasteiger partial charge in [0.2, 0.25) is 0 Å². The zero-order valence-corrected chi connectivity index (χ0v) is 20.6. The second-order valence-corrected chi connectivity index (χ2v) is 8.29. The van der Waals surface area contributed by atoms with E-state index in [1.807, 2.05) is 0 Å². The van der Waals surface area contributed by atoms with Gasteiger partial charge in [-0.1, -0.05) is 60.1 Å². The predicted molar refractivity (Wildman–Crippen MR) is 142 cm³/mol. The first-order valence-corrected chi connectivity index (χ1v) is 11.7. The molecule has 39 heavy (non-hydrogen) atoms. The molecule has 10 nitrogen and oxygen atoms in total. The Balaban J connectivity index is 0.000000158. The first kappa shape index (κ1) is 25.3. The van der Waals surface area contributed by atoms with Gasteiger partial charge in [0.1, 0.15) is 22.5 Å². The van der Waals surface area contributed by atoms with Crippen molar-refractivity contribution in [1.82, 2.24) is 9.13 Å². The normalized spacial score (nSPS) is 10.6. The molecule has 0 bridgehead atoms. The first-order valence-electron chi connectivity index (χ1n) is 11.4.